The Kier molecular flexibility index (Phi) is 24.9. The Hall–Kier alpha value is -5.85. The summed E-state index contributed by atoms with van der Waals surface area (Å²) in [6.45, 7) is 0.240. The number of rotatable bonds is 15. The zero-order valence-electron chi connectivity index (χ0n) is 44.3. The molecule has 3 aliphatic rings. The number of cyclic esters (lactones) is 1. The van der Waals surface area contributed by atoms with Gasteiger partial charge in [0.15, 0.2) is 11.6 Å². The predicted octanol–water partition coefficient (Wildman–Crippen LogP) is 0.532. The summed E-state index contributed by atoms with van der Waals surface area (Å²) in [5.41, 5.74) is 12.9. The second-order valence-corrected chi connectivity index (χ2v) is 21.4. The number of carbonyl (C=O) groups is 11. The van der Waals surface area contributed by atoms with E-state index >= 15 is 0 Å². The van der Waals surface area contributed by atoms with Crippen molar-refractivity contribution in [3.05, 3.63) is 36.0 Å². The van der Waals surface area contributed by atoms with Gasteiger partial charge in [-0.25, -0.2) is 4.79 Å². The Morgan fingerprint density at radius 3 is 2.21 bits per heavy atom. The molecule has 2 aromatic rings. The molecular formula is C53H78N10O12S2. The first kappa shape index (κ1) is 62.0. The summed E-state index contributed by atoms with van der Waals surface area (Å²) < 4.78 is 5.49. The number of nitrogens with two attached hydrogens (primary N) is 2. The van der Waals surface area contributed by atoms with Crippen LogP contribution in [0, 0.1) is 17.8 Å². The van der Waals surface area contributed by atoms with E-state index in [-0.39, 0.29) is 89.1 Å². The number of unbranched alkanes of at least 4 members (excludes halogenated alkanes) is 2. The van der Waals surface area contributed by atoms with Crippen molar-refractivity contribution in [3.8, 4) is 0 Å². The molecule has 7 amide bonds. The Morgan fingerprint density at radius 2 is 1.49 bits per heavy atom. The largest absolute Gasteiger partial charge is 0.456 e. The van der Waals surface area contributed by atoms with E-state index in [4.69, 9.17) is 16.2 Å². The van der Waals surface area contributed by atoms with Gasteiger partial charge in [-0.1, -0.05) is 24.6 Å². The lowest BCUT2D eigenvalue weighted by atomic mass is 9.89. The van der Waals surface area contributed by atoms with Gasteiger partial charge in [-0.15, -0.1) is 0 Å². The van der Waals surface area contributed by atoms with E-state index in [0.29, 0.717) is 45.1 Å². The number of primary amides is 1. The minimum absolute atomic E-state index is 0.0348. The number of carbonyl (C=O) groups excluding carboxylic acids is 11. The third kappa shape index (κ3) is 18.4. The number of benzene rings is 1. The SMILES string of the molecule is CN(C)CCCC[C@@H]1NC(=O)CCC(=O)[C@H](CS)CNC(=O)C[C@@H](C(=O)N2CCC[C@H]2C(N)=O)NC(=O)[C@H](CCCCN)CC(=O)COC(=O)[C@@H]2CCCN2C(=O)[C@H](CS)NC(=O)[C@H](Cc2c[nH]c3ccccc23)CC1=O. The lowest BCUT2D eigenvalue weighted by Gasteiger charge is -2.29. The normalized spacial score (nSPS) is 25.8. The van der Waals surface area contributed by atoms with Gasteiger partial charge in [-0.2, -0.15) is 25.3 Å². The molecule has 0 bridgehead atoms. The van der Waals surface area contributed by atoms with Crippen molar-refractivity contribution in [3.63, 3.8) is 0 Å². The van der Waals surface area contributed by atoms with Crippen LogP contribution in [-0.4, -0.2) is 179 Å². The highest BCUT2D eigenvalue weighted by Crippen LogP contribution is 2.26. The number of thiol groups is 2. The highest BCUT2D eigenvalue weighted by Gasteiger charge is 2.41. The van der Waals surface area contributed by atoms with Gasteiger partial charge in [0.1, 0.15) is 36.6 Å². The monoisotopic (exact) mass is 1110 g/mol. The first-order valence-electron chi connectivity index (χ1n) is 26.8. The molecule has 9 N–H and O–H groups in total. The topological polar surface area (TPSA) is 323 Å². The van der Waals surface area contributed by atoms with Gasteiger partial charge in [0.25, 0.3) is 0 Å². The Balaban J connectivity index is 1.46. The van der Waals surface area contributed by atoms with Gasteiger partial charge in [-0.3, -0.25) is 47.9 Å². The number of likely N-dealkylation sites (tertiary alicyclic amines) is 1. The molecule has 0 unspecified atom stereocenters. The van der Waals surface area contributed by atoms with Crippen molar-refractivity contribution in [1.29, 1.82) is 0 Å². The van der Waals surface area contributed by atoms with E-state index in [2.05, 4.69) is 51.5 Å². The molecule has 0 spiro atoms. The molecule has 8 atom stereocenters. The van der Waals surface area contributed by atoms with E-state index < -0.39 is 132 Å². The molecule has 1 aromatic heterocycles. The maximum absolute atomic E-state index is 14.5. The molecule has 0 saturated carbocycles. The zero-order chi connectivity index (χ0) is 56.2. The lowest BCUT2D eigenvalue weighted by molar-refractivity contribution is -0.156. The quantitative estimate of drug-likeness (QED) is 0.0668. The number of para-hydroxylation sites is 1. The number of H-pyrrole nitrogens is 1. The van der Waals surface area contributed by atoms with Crippen LogP contribution in [0.15, 0.2) is 30.5 Å². The number of ketones is 3. The van der Waals surface area contributed by atoms with Crippen LogP contribution < -0.4 is 32.7 Å². The molecule has 24 heteroatoms. The van der Waals surface area contributed by atoms with E-state index in [0.717, 1.165) is 16.5 Å². The van der Waals surface area contributed by atoms with Gasteiger partial charge in [0.05, 0.1) is 12.5 Å². The molecule has 3 aliphatic heterocycles. The maximum atomic E-state index is 14.5. The number of aromatic amines is 1. The fraction of sp³-hybridized carbons (Fsp3) is 0.642. The minimum Gasteiger partial charge on any atom is -0.456 e. The van der Waals surface area contributed by atoms with Crippen LogP contribution in [0.3, 0.4) is 0 Å². The molecule has 0 radical (unpaired) electrons. The summed E-state index contributed by atoms with van der Waals surface area (Å²) in [4.78, 5) is 160. The van der Waals surface area contributed by atoms with Gasteiger partial charge in [0.2, 0.25) is 41.4 Å². The molecule has 3 saturated heterocycles. The minimum atomic E-state index is -1.53. The number of nitrogens with zero attached hydrogens (tertiary/aromatic N) is 3. The zero-order valence-corrected chi connectivity index (χ0v) is 46.1. The highest BCUT2D eigenvalue weighted by atomic mass is 32.1. The third-order valence-electron chi connectivity index (χ3n) is 14.6. The molecule has 3 fully saturated rings. The number of nitrogens with one attached hydrogen (secondary N) is 5. The Bertz CT molecular complexity index is 2440. The molecule has 22 nitrogen and oxygen atoms in total. The Morgan fingerprint density at radius 1 is 0.766 bits per heavy atom. The molecule has 5 rings (SSSR count). The van der Waals surface area contributed by atoms with Crippen molar-refractivity contribution >= 4 is 101 Å². The third-order valence-corrected chi connectivity index (χ3v) is 15.4. The van der Waals surface area contributed by atoms with Crippen molar-refractivity contribution in [2.24, 2.45) is 29.2 Å². The number of fused-ring (bicyclic) bond motifs is 2. The van der Waals surface area contributed by atoms with Crippen LogP contribution in [0.25, 0.3) is 10.9 Å². The van der Waals surface area contributed by atoms with Crippen molar-refractivity contribution in [2.75, 3.05) is 64.9 Å². The van der Waals surface area contributed by atoms with E-state index in [9.17, 15) is 52.7 Å². The smallest absolute Gasteiger partial charge is 0.329 e. The fourth-order valence-corrected chi connectivity index (χ4v) is 10.8. The number of hydrogen-bond acceptors (Lipinski definition) is 16. The number of ether oxygens (including phenoxy) is 1. The van der Waals surface area contributed by atoms with Gasteiger partial charge < -0.3 is 57.2 Å². The number of aromatic nitrogens is 1. The van der Waals surface area contributed by atoms with Gasteiger partial charge in [-0.05, 0) is 103 Å². The predicted molar refractivity (Wildman–Crippen MR) is 292 cm³/mol. The first-order valence-corrected chi connectivity index (χ1v) is 28.0. The van der Waals surface area contributed by atoms with Crippen LogP contribution in [-0.2, 0) is 63.9 Å². The van der Waals surface area contributed by atoms with Crippen molar-refractivity contribution in [1.82, 2.24) is 41.0 Å². The second kappa shape index (κ2) is 30.9. The number of Topliss-reactive ketones (excluding diaryl/α,β-unsaturated/α-hetero) is 3. The van der Waals surface area contributed by atoms with Crippen LogP contribution >= 0.6 is 25.3 Å². The maximum Gasteiger partial charge on any atom is 0.329 e. The molecule has 424 valence electrons. The van der Waals surface area contributed by atoms with Gasteiger partial charge >= 0.3 is 5.97 Å². The summed E-state index contributed by atoms with van der Waals surface area (Å²) in [5, 5.41) is 11.7. The summed E-state index contributed by atoms with van der Waals surface area (Å²) in [6, 6.07) is 1.51. The van der Waals surface area contributed by atoms with Crippen LogP contribution in [0.1, 0.15) is 102 Å². The van der Waals surface area contributed by atoms with E-state index in [1.54, 1.807) is 6.20 Å². The van der Waals surface area contributed by atoms with Crippen LogP contribution in [0.5, 0.6) is 0 Å². The number of esters is 1. The highest BCUT2D eigenvalue weighted by molar-refractivity contribution is 7.80. The summed E-state index contributed by atoms with van der Waals surface area (Å²) in [7, 11) is 3.83. The van der Waals surface area contributed by atoms with E-state index in [1.807, 2.05) is 43.3 Å². The van der Waals surface area contributed by atoms with Crippen LogP contribution in [0.4, 0.5) is 0 Å². The average molecular weight is 1110 g/mol. The number of hydrogen-bond donors (Lipinski definition) is 9. The molecule has 4 heterocycles. The van der Waals surface area contributed by atoms with E-state index in [1.165, 1.54) is 9.80 Å². The fourth-order valence-electron chi connectivity index (χ4n) is 10.2. The molecular weight excluding hydrogens is 1030 g/mol. The lowest BCUT2D eigenvalue weighted by Crippen LogP contribution is -2.55. The van der Waals surface area contributed by atoms with Crippen molar-refractivity contribution in [2.45, 2.75) is 133 Å². The molecule has 1 aromatic carbocycles. The summed E-state index contributed by atoms with van der Waals surface area (Å²) in [5.74, 6) is -10.5. The summed E-state index contributed by atoms with van der Waals surface area (Å²) in [6.07, 6.45) is 3.60. The molecule has 0 aliphatic carbocycles. The summed E-state index contributed by atoms with van der Waals surface area (Å²) >= 11 is 8.77. The Labute approximate surface area is 460 Å². The van der Waals surface area contributed by atoms with Gasteiger partial charge in [0, 0.05) is 91.7 Å². The standard InChI is InChI=1S/C53H78N10O12S2/c1-61(2)20-8-6-14-39-45(66)25-33(23-34-27-56-38-13-4-3-12-37(34)38)50(71)60-41(31-77)52(73)63-22-10-16-43(63)53(74)75-29-36(64)24-32(11-5-7-19-54)49(70)59-40(51(72)62-21-9-15-42(62)48(55)69)26-47(68)57-28-35(30-76)44(65)17-18-46(67)58-39/h3-4,12-13,27,32-33,35,39-43,56,76-77H,5-11,14-26,28-31,54H2,1-2H3,(H2,55,69)(H,57,68)(H,58,67)(H,59,70)(H,60,71)/t32-,33-,35+,39+,40+,41+,42+,43+/m1/s1. The van der Waals surface area contributed by atoms with Crippen LogP contribution in [0.2, 0.25) is 0 Å². The second-order valence-electron chi connectivity index (χ2n) is 20.6. The van der Waals surface area contributed by atoms with Crippen molar-refractivity contribution < 1.29 is 57.5 Å². The first-order chi connectivity index (χ1) is 36.8. The average Bonchev–Trinajstić information content (AvgIpc) is 4.20. The number of amides is 7. The molecule has 77 heavy (non-hydrogen) atoms.